The Morgan fingerprint density at radius 1 is 1.44 bits per heavy atom. The molecule has 1 amide bonds. The van der Waals surface area contributed by atoms with Crippen LogP contribution in [0.5, 0.6) is 0 Å². The number of carbonyl (C=O) groups is 2. The number of carboxylic acid groups (broad SMARTS) is 1. The van der Waals surface area contributed by atoms with Crippen LogP contribution >= 0.6 is 11.6 Å². The Kier molecular flexibility index (Phi) is 4.19. The third-order valence-corrected chi connectivity index (χ3v) is 2.06. The van der Waals surface area contributed by atoms with Crippen LogP contribution in [0.25, 0.3) is 0 Å². The first-order chi connectivity index (χ1) is 7.50. The second-order valence-electron chi connectivity index (χ2n) is 3.11. The fourth-order valence-electron chi connectivity index (χ4n) is 0.991. The molecule has 1 N–H and O–H groups in total. The SMILES string of the molecule is CN(CCC(=O)O)C(=O)c1ccc(Cl)nn1. The third kappa shape index (κ3) is 3.47. The van der Waals surface area contributed by atoms with E-state index in [-0.39, 0.29) is 29.7 Å². The fourth-order valence-corrected chi connectivity index (χ4v) is 1.09. The molecule has 1 rings (SSSR count). The van der Waals surface area contributed by atoms with Crippen molar-refractivity contribution in [3.63, 3.8) is 0 Å². The van der Waals surface area contributed by atoms with Gasteiger partial charge in [0.15, 0.2) is 10.8 Å². The van der Waals surface area contributed by atoms with Gasteiger partial charge in [0.25, 0.3) is 5.91 Å². The van der Waals surface area contributed by atoms with Crippen LogP contribution in [0.3, 0.4) is 0 Å². The van der Waals surface area contributed by atoms with Crippen molar-refractivity contribution in [3.05, 3.63) is 23.0 Å². The van der Waals surface area contributed by atoms with Crippen molar-refractivity contribution in [3.8, 4) is 0 Å². The maximum Gasteiger partial charge on any atom is 0.305 e. The molecule has 0 atom stereocenters. The number of nitrogens with zero attached hydrogens (tertiary/aromatic N) is 3. The Hall–Kier alpha value is -1.69. The molecule has 0 aliphatic heterocycles. The predicted molar refractivity (Wildman–Crippen MR) is 56.3 cm³/mol. The molecule has 0 spiro atoms. The molecule has 1 aromatic heterocycles. The van der Waals surface area contributed by atoms with E-state index in [1.54, 1.807) is 0 Å². The quantitative estimate of drug-likeness (QED) is 0.841. The van der Waals surface area contributed by atoms with E-state index >= 15 is 0 Å². The number of amides is 1. The van der Waals surface area contributed by atoms with E-state index in [0.29, 0.717) is 0 Å². The Morgan fingerprint density at radius 2 is 2.12 bits per heavy atom. The van der Waals surface area contributed by atoms with Crippen LogP contribution in [0, 0.1) is 0 Å². The van der Waals surface area contributed by atoms with E-state index in [0.717, 1.165) is 0 Å². The van der Waals surface area contributed by atoms with Gasteiger partial charge in [0, 0.05) is 13.6 Å². The molecule has 0 saturated heterocycles. The average molecular weight is 244 g/mol. The molecule has 0 fully saturated rings. The minimum Gasteiger partial charge on any atom is -0.481 e. The molecule has 7 heteroatoms. The number of aromatic nitrogens is 2. The molecular weight excluding hydrogens is 234 g/mol. The maximum atomic E-state index is 11.7. The van der Waals surface area contributed by atoms with Gasteiger partial charge < -0.3 is 10.0 Å². The molecule has 0 aromatic carbocycles. The number of hydrogen-bond acceptors (Lipinski definition) is 4. The molecule has 1 heterocycles. The van der Waals surface area contributed by atoms with Crippen molar-refractivity contribution >= 4 is 23.5 Å². The van der Waals surface area contributed by atoms with Gasteiger partial charge >= 0.3 is 5.97 Å². The average Bonchev–Trinajstić information content (AvgIpc) is 2.26. The lowest BCUT2D eigenvalue weighted by Gasteiger charge is -2.14. The van der Waals surface area contributed by atoms with Gasteiger partial charge in [-0.05, 0) is 12.1 Å². The zero-order valence-electron chi connectivity index (χ0n) is 8.55. The van der Waals surface area contributed by atoms with E-state index in [2.05, 4.69) is 10.2 Å². The van der Waals surface area contributed by atoms with Crippen molar-refractivity contribution in [2.45, 2.75) is 6.42 Å². The van der Waals surface area contributed by atoms with Crippen LogP contribution in [-0.2, 0) is 4.79 Å². The smallest absolute Gasteiger partial charge is 0.305 e. The second-order valence-corrected chi connectivity index (χ2v) is 3.50. The highest BCUT2D eigenvalue weighted by atomic mass is 35.5. The molecule has 0 aliphatic rings. The van der Waals surface area contributed by atoms with Crippen LogP contribution in [0.4, 0.5) is 0 Å². The first kappa shape index (κ1) is 12.4. The van der Waals surface area contributed by atoms with Gasteiger partial charge in [-0.3, -0.25) is 9.59 Å². The zero-order chi connectivity index (χ0) is 12.1. The summed E-state index contributed by atoms with van der Waals surface area (Å²) in [6.45, 7) is 0.123. The Bertz CT molecular complexity index is 393. The predicted octanol–water partition coefficient (Wildman–Crippen LogP) is 0.677. The molecule has 0 aliphatic carbocycles. The molecule has 0 saturated carbocycles. The van der Waals surface area contributed by atoms with Crippen LogP contribution in [-0.4, -0.2) is 45.7 Å². The van der Waals surface area contributed by atoms with Crippen molar-refractivity contribution in [2.75, 3.05) is 13.6 Å². The number of carboxylic acids is 1. The molecule has 86 valence electrons. The second kappa shape index (κ2) is 5.41. The summed E-state index contributed by atoms with van der Waals surface area (Å²) in [5.74, 6) is -1.34. The summed E-state index contributed by atoms with van der Waals surface area (Å²) in [4.78, 5) is 23.2. The van der Waals surface area contributed by atoms with Crippen LogP contribution in [0.15, 0.2) is 12.1 Å². The topological polar surface area (TPSA) is 83.4 Å². The minimum absolute atomic E-state index is 0.108. The fraction of sp³-hybridized carbons (Fsp3) is 0.333. The number of rotatable bonds is 4. The summed E-state index contributed by atoms with van der Waals surface area (Å²) in [6.07, 6.45) is -0.108. The summed E-state index contributed by atoms with van der Waals surface area (Å²) >= 11 is 5.52. The van der Waals surface area contributed by atoms with Crippen LogP contribution < -0.4 is 0 Å². The number of carbonyl (C=O) groups excluding carboxylic acids is 1. The molecule has 6 nitrogen and oxygen atoms in total. The van der Waals surface area contributed by atoms with Crippen LogP contribution in [0.1, 0.15) is 16.9 Å². The molecule has 0 unspecified atom stereocenters. The van der Waals surface area contributed by atoms with Gasteiger partial charge in [-0.15, -0.1) is 10.2 Å². The number of aliphatic carboxylic acids is 1. The zero-order valence-corrected chi connectivity index (χ0v) is 9.31. The highest BCUT2D eigenvalue weighted by Gasteiger charge is 2.14. The van der Waals surface area contributed by atoms with E-state index in [4.69, 9.17) is 16.7 Å². The van der Waals surface area contributed by atoms with Gasteiger partial charge in [-0.1, -0.05) is 11.6 Å². The van der Waals surface area contributed by atoms with E-state index in [1.165, 1.54) is 24.1 Å². The lowest BCUT2D eigenvalue weighted by atomic mass is 10.3. The van der Waals surface area contributed by atoms with Gasteiger partial charge in [-0.2, -0.15) is 0 Å². The molecule has 1 aromatic rings. The summed E-state index contributed by atoms with van der Waals surface area (Å²) in [7, 11) is 1.50. The van der Waals surface area contributed by atoms with Crippen molar-refractivity contribution in [1.82, 2.24) is 15.1 Å². The summed E-state index contributed by atoms with van der Waals surface area (Å²) in [5.41, 5.74) is 0.136. The van der Waals surface area contributed by atoms with Crippen molar-refractivity contribution in [1.29, 1.82) is 0 Å². The van der Waals surface area contributed by atoms with Crippen molar-refractivity contribution in [2.24, 2.45) is 0 Å². The summed E-state index contributed by atoms with van der Waals surface area (Å²) in [6, 6.07) is 2.89. The molecular formula is C9H10ClN3O3. The Labute approximate surface area is 96.8 Å². The first-order valence-electron chi connectivity index (χ1n) is 4.47. The van der Waals surface area contributed by atoms with Crippen molar-refractivity contribution < 1.29 is 14.7 Å². The Balaban J connectivity index is 2.63. The largest absolute Gasteiger partial charge is 0.481 e. The highest BCUT2D eigenvalue weighted by Crippen LogP contribution is 2.04. The van der Waals surface area contributed by atoms with Gasteiger partial charge in [-0.25, -0.2) is 0 Å². The monoisotopic (exact) mass is 243 g/mol. The summed E-state index contributed by atoms with van der Waals surface area (Å²) in [5, 5.41) is 15.8. The first-order valence-corrected chi connectivity index (χ1v) is 4.85. The number of hydrogen-bond donors (Lipinski definition) is 1. The van der Waals surface area contributed by atoms with E-state index in [1.807, 2.05) is 0 Å². The standard InChI is InChI=1S/C9H10ClN3O3/c1-13(5-4-8(14)15)9(16)6-2-3-7(10)12-11-6/h2-3H,4-5H2,1H3,(H,14,15). The van der Waals surface area contributed by atoms with E-state index in [9.17, 15) is 9.59 Å². The molecule has 16 heavy (non-hydrogen) atoms. The maximum absolute atomic E-state index is 11.7. The molecule has 0 bridgehead atoms. The minimum atomic E-state index is -0.957. The number of halogens is 1. The lowest BCUT2D eigenvalue weighted by Crippen LogP contribution is -2.29. The van der Waals surface area contributed by atoms with E-state index < -0.39 is 5.97 Å². The van der Waals surface area contributed by atoms with Gasteiger partial charge in [0.05, 0.1) is 6.42 Å². The van der Waals surface area contributed by atoms with Gasteiger partial charge in [0.1, 0.15) is 0 Å². The highest BCUT2D eigenvalue weighted by molar-refractivity contribution is 6.29. The molecule has 0 radical (unpaired) electrons. The third-order valence-electron chi connectivity index (χ3n) is 1.86. The lowest BCUT2D eigenvalue weighted by molar-refractivity contribution is -0.137. The van der Waals surface area contributed by atoms with Crippen LogP contribution in [0.2, 0.25) is 5.15 Å². The normalized spacial score (nSPS) is 9.88. The summed E-state index contributed by atoms with van der Waals surface area (Å²) < 4.78 is 0. The Morgan fingerprint density at radius 3 is 2.62 bits per heavy atom. The van der Waals surface area contributed by atoms with Gasteiger partial charge in [0.2, 0.25) is 0 Å².